The van der Waals surface area contributed by atoms with Gasteiger partial charge in [0.05, 0.1) is 0 Å². The number of aromatic nitrogens is 1. The second-order valence-electron chi connectivity index (χ2n) is 7.19. The van der Waals surface area contributed by atoms with Crippen molar-refractivity contribution < 1.29 is 14.3 Å². The highest BCUT2D eigenvalue weighted by atomic mass is 35.5. The number of anilines is 2. The van der Waals surface area contributed by atoms with Gasteiger partial charge in [0.2, 0.25) is 0 Å². The molecular formula is C25H23ClN2O3. The quantitative estimate of drug-likeness (QED) is 0.272. The minimum absolute atomic E-state index is 0.244. The number of fused-ring (bicyclic) bond motifs is 1. The van der Waals surface area contributed by atoms with E-state index < -0.39 is 0 Å². The van der Waals surface area contributed by atoms with Crippen molar-refractivity contribution in [3.63, 3.8) is 0 Å². The molecule has 6 heteroatoms. The van der Waals surface area contributed by atoms with Crippen LogP contribution in [0.2, 0.25) is 5.02 Å². The van der Waals surface area contributed by atoms with Crippen molar-refractivity contribution in [3.05, 3.63) is 89.6 Å². The lowest BCUT2D eigenvalue weighted by Crippen LogP contribution is -2.09. The van der Waals surface area contributed by atoms with Gasteiger partial charge in [0.25, 0.3) is 0 Å². The van der Waals surface area contributed by atoms with Crippen LogP contribution in [0.3, 0.4) is 0 Å². The second-order valence-corrected chi connectivity index (χ2v) is 7.62. The van der Waals surface area contributed by atoms with Gasteiger partial charge in [-0.3, -0.25) is 4.79 Å². The van der Waals surface area contributed by atoms with Crippen molar-refractivity contribution in [3.8, 4) is 5.75 Å². The lowest BCUT2D eigenvalue weighted by atomic mass is 10.2. The minimum atomic E-state index is -0.302. The number of ether oxygens (including phenoxy) is 2. The Morgan fingerprint density at radius 3 is 2.58 bits per heavy atom. The van der Waals surface area contributed by atoms with E-state index in [9.17, 15) is 4.79 Å². The maximum Gasteiger partial charge on any atom is 0.302 e. The fraction of sp³-hybridized carbons (Fsp3) is 0.160. The molecule has 1 N–H and O–H groups in total. The van der Waals surface area contributed by atoms with Crippen LogP contribution in [0.1, 0.15) is 12.5 Å². The van der Waals surface area contributed by atoms with E-state index in [4.69, 9.17) is 21.1 Å². The zero-order valence-electron chi connectivity index (χ0n) is 17.2. The Hall–Kier alpha value is -3.44. The van der Waals surface area contributed by atoms with E-state index in [2.05, 4.69) is 46.4 Å². The van der Waals surface area contributed by atoms with Crippen LogP contribution in [-0.4, -0.2) is 23.8 Å². The van der Waals surface area contributed by atoms with Gasteiger partial charge < -0.3 is 19.4 Å². The Bertz CT molecular complexity index is 1190. The zero-order chi connectivity index (χ0) is 21.6. The van der Waals surface area contributed by atoms with E-state index in [0.29, 0.717) is 6.61 Å². The fourth-order valence-electron chi connectivity index (χ4n) is 3.39. The molecule has 0 aliphatic carbocycles. The molecule has 0 unspecified atom stereocenters. The van der Waals surface area contributed by atoms with Gasteiger partial charge in [-0.15, -0.1) is 0 Å². The van der Waals surface area contributed by atoms with Gasteiger partial charge in [-0.05, 0) is 66.2 Å². The Labute approximate surface area is 186 Å². The van der Waals surface area contributed by atoms with E-state index in [1.807, 2.05) is 42.5 Å². The summed E-state index contributed by atoms with van der Waals surface area (Å²) in [6.45, 7) is 2.69. The van der Waals surface area contributed by atoms with Gasteiger partial charge >= 0.3 is 5.97 Å². The number of esters is 1. The largest absolute Gasteiger partial charge is 0.490 e. The average molecular weight is 435 g/mol. The first kappa shape index (κ1) is 20.8. The topological polar surface area (TPSA) is 52.5 Å². The molecule has 0 bridgehead atoms. The minimum Gasteiger partial charge on any atom is -0.490 e. The predicted molar refractivity (Wildman–Crippen MR) is 124 cm³/mol. The fourth-order valence-corrected chi connectivity index (χ4v) is 3.52. The highest BCUT2D eigenvalue weighted by molar-refractivity contribution is 6.30. The highest BCUT2D eigenvalue weighted by Crippen LogP contribution is 2.25. The van der Waals surface area contributed by atoms with E-state index in [-0.39, 0.29) is 12.6 Å². The lowest BCUT2D eigenvalue weighted by Gasteiger charge is -2.10. The van der Waals surface area contributed by atoms with Crippen molar-refractivity contribution in [1.82, 2.24) is 4.57 Å². The summed E-state index contributed by atoms with van der Waals surface area (Å²) in [6.07, 6.45) is 2.09. The third kappa shape index (κ3) is 5.58. The molecule has 1 heterocycles. The molecule has 0 fully saturated rings. The van der Waals surface area contributed by atoms with Crippen LogP contribution in [-0.2, 0) is 16.1 Å². The molecule has 4 aromatic rings. The summed E-state index contributed by atoms with van der Waals surface area (Å²) in [7, 11) is 0. The number of carbonyl (C=O) groups excluding carboxylic acids is 1. The van der Waals surface area contributed by atoms with Crippen LogP contribution in [0, 0.1) is 0 Å². The third-order valence-electron chi connectivity index (χ3n) is 4.81. The molecule has 0 amide bonds. The van der Waals surface area contributed by atoms with Gasteiger partial charge in [-0.25, -0.2) is 0 Å². The van der Waals surface area contributed by atoms with Gasteiger partial charge in [-0.2, -0.15) is 0 Å². The molecule has 0 atom stereocenters. The smallest absolute Gasteiger partial charge is 0.302 e. The first-order valence-electron chi connectivity index (χ1n) is 10.0. The molecular weight excluding hydrogens is 412 g/mol. The van der Waals surface area contributed by atoms with Crippen LogP contribution in [0.4, 0.5) is 11.4 Å². The number of halogens is 1. The summed E-state index contributed by atoms with van der Waals surface area (Å²) in [6, 6.07) is 24.0. The first-order valence-corrected chi connectivity index (χ1v) is 10.4. The van der Waals surface area contributed by atoms with Gasteiger partial charge in [0.1, 0.15) is 19.0 Å². The van der Waals surface area contributed by atoms with Crippen LogP contribution < -0.4 is 10.1 Å². The van der Waals surface area contributed by atoms with E-state index in [0.717, 1.165) is 45.2 Å². The summed E-state index contributed by atoms with van der Waals surface area (Å²) in [5.41, 5.74) is 4.30. The van der Waals surface area contributed by atoms with Crippen LogP contribution in [0.5, 0.6) is 5.75 Å². The van der Waals surface area contributed by atoms with Crippen LogP contribution in [0.15, 0.2) is 79.0 Å². The van der Waals surface area contributed by atoms with Crippen LogP contribution >= 0.6 is 11.6 Å². The molecule has 31 heavy (non-hydrogen) atoms. The van der Waals surface area contributed by atoms with Crippen molar-refractivity contribution >= 4 is 39.8 Å². The van der Waals surface area contributed by atoms with E-state index in [1.165, 1.54) is 6.92 Å². The maximum atomic E-state index is 10.8. The second kappa shape index (κ2) is 9.58. The van der Waals surface area contributed by atoms with Crippen molar-refractivity contribution in [2.75, 3.05) is 18.5 Å². The SMILES string of the molecule is CC(=O)OCCOc1cccc(Cn2ccc3cc(Nc4ccc(Cl)cc4)ccc32)c1. The summed E-state index contributed by atoms with van der Waals surface area (Å²) in [5.74, 6) is 0.457. The van der Waals surface area contributed by atoms with Crippen molar-refractivity contribution in [2.24, 2.45) is 0 Å². The Kier molecular flexibility index (Phi) is 6.43. The summed E-state index contributed by atoms with van der Waals surface area (Å²) in [4.78, 5) is 10.8. The summed E-state index contributed by atoms with van der Waals surface area (Å²) < 4.78 is 12.8. The number of hydrogen-bond acceptors (Lipinski definition) is 4. The third-order valence-corrected chi connectivity index (χ3v) is 5.06. The Balaban J connectivity index is 1.43. The molecule has 0 aliphatic rings. The van der Waals surface area contributed by atoms with E-state index in [1.54, 1.807) is 0 Å². The van der Waals surface area contributed by atoms with Crippen molar-refractivity contribution in [1.29, 1.82) is 0 Å². The Morgan fingerprint density at radius 1 is 0.968 bits per heavy atom. The monoisotopic (exact) mass is 434 g/mol. The molecule has 5 nitrogen and oxygen atoms in total. The zero-order valence-corrected chi connectivity index (χ0v) is 17.9. The predicted octanol–water partition coefficient (Wildman–Crippen LogP) is 6.03. The normalized spacial score (nSPS) is 10.8. The maximum absolute atomic E-state index is 10.8. The van der Waals surface area contributed by atoms with Gasteiger partial charge in [-0.1, -0.05) is 23.7 Å². The molecule has 0 spiro atoms. The number of nitrogens with zero attached hydrogens (tertiary/aromatic N) is 1. The molecule has 0 aliphatic heterocycles. The molecule has 4 rings (SSSR count). The highest BCUT2D eigenvalue weighted by Gasteiger charge is 2.05. The van der Waals surface area contributed by atoms with Crippen molar-refractivity contribution in [2.45, 2.75) is 13.5 Å². The number of benzene rings is 3. The van der Waals surface area contributed by atoms with Gasteiger partial charge in [0.15, 0.2) is 0 Å². The number of rotatable bonds is 8. The van der Waals surface area contributed by atoms with Crippen LogP contribution in [0.25, 0.3) is 10.9 Å². The number of nitrogens with one attached hydrogen (secondary N) is 1. The molecule has 158 valence electrons. The molecule has 1 aromatic heterocycles. The van der Waals surface area contributed by atoms with E-state index >= 15 is 0 Å². The summed E-state index contributed by atoms with van der Waals surface area (Å²) >= 11 is 5.96. The average Bonchev–Trinajstić information content (AvgIpc) is 3.15. The standard InChI is InChI=1S/C25H23ClN2O3/c1-18(29)30-13-14-31-24-4-2-3-19(15-24)17-28-12-11-20-16-23(9-10-25(20)28)27-22-7-5-21(26)6-8-22/h2-12,15-16,27H,13-14,17H2,1H3. The molecule has 3 aromatic carbocycles. The molecule has 0 saturated carbocycles. The Morgan fingerprint density at radius 2 is 1.77 bits per heavy atom. The first-order chi connectivity index (χ1) is 15.1. The number of carbonyl (C=O) groups is 1. The number of hydrogen-bond donors (Lipinski definition) is 1. The lowest BCUT2D eigenvalue weighted by molar-refractivity contribution is -0.141. The van der Waals surface area contributed by atoms with Gasteiger partial charge in [0, 0.05) is 47.0 Å². The molecule has 0 radical (unpaired) electrons. The molecule has 0 saturated heterocycles. The summed E-state index contributed by atoms with van der Waals surface area (Å²) in [5, 5.41) is 5.28.